The molecule has 1 aliphatic rings. The van der Waals surface area contributed by atoms with E-state index in [-0.39, 0.29) is 0 Å². The van der Waals surface area contributed by atoms with Crippen LogP contribution in [0.1, 0.15) is 31.3 Å². The average molecular weight is 285 g/mol. The molecule has 0 spiro atoms. The number of benzene rings is 1. The lowest BCUT2D eigenvalue weighted by molar-refractivity contribution is 0.118. The van der Waals surface area contributed by atoms with Crippen LogP contribution < -0.4 is 5.32 Å². The highest BCUT2D eigenvalue weighted by Gasteiger charge is 2.23. The summed E-state index contributed by atoms with van der Waals surface area (Å²) in [6, 6.07) is 10.7. The molecule has 1 aromatic carbocycles. The van der Waals surface area contributed by atoms with Gasteiger partial charge in [-0.2, -0.15) is 0 Å². The van der Waals surface area contributed by atoms with E-state index in [0.29, 0.717) is 6.04 Å². The van der Waals surface area contributed by atoms with Gasteiger partial charge in [-0.05, 0) is 13.8 Å². The normalized spacial score (nSPS) is 15.7. The summed E-state index contributed by atoms with van der Waals surface area (Å²) in [6.45, 7) is 7.62. The van der Waals surface area contributed by atoms with Gasteiger partial charge in [0.05, 0.1) is 18.3 Å². The minimum atomic E-state index is 0.300. The predicted octanol–water partition coefficient (Wildman–Crippen LogP) is 2.79. The number of imidazole rings is 1. The highest BCUT2D eigenvalue weighted by molar-refractivity contribution is 5.57. The highest BCUT2D eigenvalue weighted by atomic mass is 16.5. The zero-order valence-electron chi connectivity index (χ0n) is 12.8. The molecule has 0 radical (unpaired) electrons. The summed E-state index contributed by atoms with van der Waals surface area (Å²) >= 11 is 0. The monoisotopic (exact) mass is 285 g/mol. The van der Waals surface area contributed by atoms with Gasteiger partial charge in [-0.15, -0.1) is 0 Å². The summed E-state index contributed by atoms with van der Waals surface area (Å²) in [7, 11) is 0. The Kier molecular flexibility index (Phi) is 4.36. The van der Waals surface area contributed by atoms with E-state index in [9.17, 15) is 0 Å². The molecule has 1 unspecified atom stereocenters. The van der Waals surface area contributed by atoms with Crippen LogP contribution in [0.4, 0.5) is 0 Å². The van der Waals surface area contributed by atoms with Crippen molar-refractivity contribution in [1.29, 1.82) is 0 Å². The van der Waals surface area contributed by atoms with Crippen molar-refractivity contribution in [2.24, 2.45) is 0 Å². The topological polar surface area (TPSA) is 39.1 Å². The molecule has 112 valence electrons. The molecule has 1 aliphatic heterocycles. The van der Waals surface area contributed by atoms with Crippen molar-refractivity contribution in [2.75, 3.05) is 19.8 Å². The van der Waals surface area contributed by atoms with Crippen molar-refractivity contribution >= 4 is 0 Å². The average Bonchev–Trinajstić information content (AvgIpc) is 2.93. The van der Waals surface area contributed by atoms with Gasteiger partial charge in [0.25, 0.3) is 0 Å². The van der Waals surface area contributed by atoms with E-state index >= 15 is 0 Å². The number of hydrogen-bond donors (Lipinski definition) is 1. The zero-order chi connectivity index (χ0) is 14.7. The molecular formula is C17H23N3O. The molecule has 0 saturated heterocycles. The molecule has 0 fully saturated rings. The van der Waals surface area contributed by atoms with E-state index in [2.05, 4.69) is 41.1 Å². The van der Waals surface area contributed by atoms with Crippen molar-refractivity contribution in [3.63, 3.8) is 0 Å². The predicted molar refractivity (Wildman–Crippen MR) is 84.3 cm³/mol. The molecular weight excluding hydrogens is 262 g/mol. The molecule has 4 nitrogen and oxygen atoms in total. The van der Waals surface area contributed by atoms with Crippen molar-refractivity contribution in [1.82, 2.24) is 14.9 Å². The van der Waals surface area contributed by atoms with Gasteiger partial charge >= 0.3 is 0 Å². The van der Waals surface area contributed by atoms with Crippen LogP contribution in [-0.2, 0) is 17.7 Å². The van der Waals surface area contributed by atoms with Gasteiger partial charge in [0.2, 0.25) is 0 Å². The number of ether oxygens (including phenoxy) is 1. The minimum Gasteiger partial charge on any atom is -0.380 e. The fraction of sp³-hybridized carbons (Fsp3) is 0.471. The quantitative estimate of drug-likeness (QED) is 0.918. The summed E-state index contributed by atoms with van der Waals surface area (Å²) in [5, 5.41) is 3.41. The van der Waals surface area contributed by atoms with Crippen LogP contribution in [0.25, 0.3) is 11.4 Å². The Morgan fingerprint density at radius 3 is 2.90 bits per heavy atom. The molecule has 2 heterocycles. The van der Waals surface area contributed by atoms with Crippen LogP contribution in [0, 0.1) is 0 Å². The molecule has 4 heteroatoms. The SMILES string of the molecule is CCOCC(C)n1c(-c2ccccc2)nc2c1CCNC2. The largest absolute Gasteiger partial charge is 0.380 e. The molecule has 2 aromatic rings. The molecule has 0 bridgehead atoms. The summed E-state index contributed by atoms with van der Waals surface area (Å²) in [6.07, 6.45) is 1.03. The van der Waals surface area contributed by atoms with Crippen molar-refractivity contribution in [3.05, 3.63) is 41.7 Å². The Morgan fingerprint density at radius 2 is 2.14 bits per heavy atom. The Morgan fingerprint density at radius 1 is 1.33 bits per heavy atom. The smallest absolute Gasteiger partial charge is 0.140 e. The molecule has 1 aromatic heterocycles. The molecule has 21 heavy (non-hydrogen) atoms. The van der Waals surface area contributed by atoms with Gasteiger partial charge in [-0.1, -0.05) is 30.3 Å². The van der Waals surface area contributed by atoms with Crippen molar-refractivity contribution < 1.29 is 4.74 Å². The second kappa shape index (κ2) is 6.41. The number of fused-ring (bicyclic) bond motifs is 1. The Bertz CT molecular complexity index is 592. The van der Waals surface area contributed by atoms with Gasteiger partial charge in [-0.25, -0.2) is 4.98 Å². The first kappa shape index (κ1) is 14.3. The molecule has 0 amide bonds. The van der Waals surface area contributed by atoms with E-state index in [1.165, 1.54) is 17.0 Å². The van der Waals surface area contributed by atoms with Gasteiger partial charge in [0, 0.05) is 37.4 Å². The van der Waals surface area contributed by atoms with E-state index in [4.69, 9.17) is 9.72 Å². The van der Waals surface area contributed by atoms with Gasteiger partial charge in [0.15, 0.2) is 0 Å². The Hall–Kier alpha value is -1.65. The van der Waals surface area contributed by atoms with Crippen LogP contribution in [0.5, 0.6) is 0 Å². The molecule has 3 rings (SSSR count). The lowest BCUT2D eigenvalue weighted by Crippen LogP contribution is -2.26. The standard InChI is InChI=1S/C17H23N3O/c1-3-21-12-13(2)20-16-9-10-18-11-15(16)19-17(20)14-7-5-4-6-8-14/h4-8,13,18H,3,9-12H2,1-2H3. The van der Waals surface area contributed by atoms with Crippen LogP contribution in [-0.4, -0.2) is 29.3 Å². The first-order valence-corrected chi connectivity index (χ1v) is 7.75. The summed E-state index contributed by atoms with van der Waals surface area (Å²) in [5.41, 5.74) is 3.72. The van der Waals surface area contributed by atoms with E-state index in [0.717, 1.165) is 38.5 Å². The lowest BCUT2D eigenvalue weighted by Gasteiger charge is -2.21. The van der Waals surface area contributed by atoms with Gasteiger partial charge < -0.3 is 14.6 Å². The van der Waals surface area contributed by atoms with Crippen LogP contribution >= 0.6 is 0 Å². The van der Waals surface area contributed by atoms with Gasteiger partial charge in [-0.3, -0.25) is 0 Å². The maximum atomic E-state index is 5.64. The Labute approximate surface area is 126 Å². The number of aromatic nitrogens is 2. The first-order chi connectivity index (χ1) is 10.3. The zero-order valence-corrected chi connectivity index (χ0v) is 12.8. The highest BCUT2D eigenvalue weighted by Crippen LogP contribution is 2.28. The van der Waals surface area contributed by atoms with E-state index in [1.54, 1.807) is 0 Å². The fourth-order valence-corrected chi connectivity index (χ4v) is 2.96. The summed E-state index contributed by atoms with van der Waals surface area (Å²) in [5.74, 6) is 1.07. The third-order valence-corrected chi connectivity index (χ3v) is 3.96. The molecule has 1 N–H and O–H groups in total. The maximum Gasteiger partial charge on any atom is 0.140 e. The van der Waals surface area contributed by atoms with E-state index < -0.39 is 0 Å². The maximum absolute atomic E-state index is 5.64. The number of nitrogens with one attached hydrogen (secondary N) is 1. The fourth-order valence-electron chi connectivity index (χ4n) is 2.96. The Balaban J connectivity index is 2.04. The van der Waals surface area contributed by atoms with Crippen LogP contribution in [0.3, 0.4) is 0 Å². The molecule has 0 saturated carbocycles. The summed E-state index contributed by atoms with van der Waals surface area (Å²) in [4.78, 5) is 4.90. The van der Waals surface area contributed by atoms with E-state index in [1.807, 2.05) is 13.0 Å². The van der Waals surface area contributed by atoms with Crippen LogP contribution in [0.2, 0.25) is 0 Å². The van der Waals surface area contributed by atoms with Crippen molar-refractivity contribution in [3.8, 4) is 11.4 Å². The lowest BCUT2D eigenvalue weighted by atomic mass is 10.1. The first-order valence-electron chi connectivity index (χ1n) is 7.75. The molecule has 1 atom stereocenters. The number of hydrogen-bond acceptors (Lipinski definition) is 3. The van der Waals surface area contributed by atoms with Crippen LogP contribution in [0.15, 0.2) is 30.3 Å². The second-order valence-corrected chi connectivity index (χ2v) is 5.50. The second-order valence-electron chi connectivity index (χ2n) is 5.50. The number of rotatable bonds is 5. The molecule has 0 aliphatic carbocycles. The third kappa shape index (κ3) is 2.87. The number of nitrogens with zero attached hydrogens (tertiary/aromatic N) is 2. The third-order valence-electron chi connectivity index (χ3n) is 3.96. The summed E-state index contributed by atoms with van der Waals surface area (Å²) < 4.78 is 8.01. The minimum absolute atomic E-state index is 0.300. The van der Waals surface area contributed by atoms with Gasteiger partial charge in [0.1, 0.15) is 5.82 Å². The van der Waals surface area contributed by atoms with Crippen molar-refractivity contribution in [2.45, 2.75) is 32.9 Å².